The lowest BCUT2D eigenvalue weighted by molar-refractivity contribution is -0.114. The quantitative estimate of drug-likeness (QED) is 0.667. The fraction of sp³-hybridized carbons (Fsp3) is 0.111. The van der Waals surface area contributed by atoms with Gasteiger partial charge in [0.25, 0.3) is 0 Å². The third-order valence-electron chi connectivity index (χ3n) is 1.68. The Balaban J connectivity index is 2.17. The summed E-state index contributed by atoms with van der Waals surface area (Å²) in [6, 6.07) is 9.41. The predicted octanol–water partition coefficient (Wildman–Crippen LogP) is 0.493. The third kappa shape index (κ3) is 1.51. The van der Waals surface area contributed by atoms with Crippen LogP contribution in [-0.4, -0.2) is 18.4 Å². The normalized spacial score (nSPS) is 20.0. The number of nitrogens with one attached hydrogen (secondary N) is 1. The third-order valence-corrected chi connectivity index (χ3v) is 1.68. The number of aldehydes is 1. The van der Waals surface area contributed by atoms with E-state index < -0.39 is 6.23 Å². The molecule has 0 aromatic heterocycles. The fourth-order valence-electron chi connectivity index (χ4n) is 1.07. The maximum atomic E-state index is 10.3. The maximum absolute atomic E-state index is 10.3. The second kappa shape index (κ2) is 3.26. The van der Waals surface area contributed by atoms with E-state index in [1.807, 2.05) is 30.3 Å². The summed E-state index contributed by atoms with van der Waals surface area (Å²) in [5, 5.41) is 3.87. The van der Waals surface area contributed by atoms with Crippen LogP contribution in [0.2, 0.25) is 0 Å². The van der Waals surface area contributed by atoms with Crippen molar-refractivity contribution in [2.45, 2.75) is 6.23 Å². The van der Waals surface area contributed by atoms with E-state index in [1.165, 1.54) is 0 Å². The van der Waals surface area contributed by atoms with Gasteiger partial charge in [-0.3, -0.25) is 10.2 Å². The number of hydrogen-bond donors (Lipinski definition) is 1. The SMILES string of the molecule is O=CC1NN=C(c2ccccc2)O1. The van der Waals surface area contributed by atoms with Gasteiger partial charge in [-0.05, 0) is 12.1 Å². The van der Waals surface area contributed by atoms with E-state index in [-0.39, 0.29) is 0 Å². The van der Waals surface area contributed by atoms with Crippen molar-refractivity contribution in [3.63, 3.8) is 0 Å². The minimum absolute atomic E-state index is 0.456. The van der Waals surface area contributed by atoms with E-state index in [0.717, 1.165) is 5.56 Å². The molecule has 1 aromatic carbocycles. The highest BCUT2D eigenvalue weighted by Crippen LogP contribution is 2.07. The molecule has 0 amide bonds. The zero-order valence-electron chi connectivity index (χ0n) is 6.81. The molecule has 1 heterocycles. The van der Waals surface area contributed by atoms with E-state index in [4.69, 9.17) is 4.74 Å². The summed E-state index contributed by atoms with van der Waals surface area (Å²) in [6.45, 7) is 0. The molecule has 66 valence electrons. The van der Waals surface area contributed by atoms with Crippen LogP contribution in [0.5, 0.6) is 0 Å². The molecule has 0 radical (unpaired) electrons. The minimum Gasteiger partial charge on any atom is -0.444 e. The fourth-order valence-corrected chi connectivity index (χ4v) is 1.07. The Labute approximate surface area is 75.2 Å². The number of nitrogens with zero attached hydrogens (tertiary/aromatic N) is 1. The molecule has 4 heteroatoms. The monoisotopic (exact) mass is 176 g/mol. The van der Waals surface area contributed by atoms with Gasteiger partial charge in [-0.2, -0.15) is 0 Å². The van der Waals surface area contributed by atoms with Crippen LogP contribution in [0.25, 0.3) is 0 Å². The Hall–Kier alpha value is -1.84. The molecule has 1 atom stereocenters. The molecule has 1 N–H and O–H groups in total. The highest BCUT2D eigenvalue weighted by atomic mass is 16.5. The molecule has 0 bridgehead atoms. The second-order valence-electron chi connectivity index (χ2n) is 2.59. The maximum Gasteiger partial charge on any atom is 0.242 e. The lowest BCUT2D eigenvalue weighted by Gasteiger charge is -2.02. The Morgan fingerprint density at radius 1 is 1.38 bits per heavy atom. The molecule has 2 rings (SSSR count). The van der Waals surface area contributed by atoms with Crippen molar-refractivity contribution in [3.8, 4) is 0 Å². The van der Waals surface area contributed by atoms with Gasteiger partial charge in [-0.25, -0.2) is 0 Å². The number of rotatable bonds is 2. The molecule has 0 aliphatic carbocycles. The minimum atomic E-state index is -0.643. The number of carbonyl (C=O) groups excluding carboxylic acids is 1. The Bertz CT molecular complexity index is 335. The van der Waals surface area contributed by atoms with Gasteiger partial charge in [-0.15, -0.1) is 5.10 Å². The molecule has 0 fully saturated rings. The summed E-state index contributed by atoms with van der Waals surface area (Å²) in [6.07, 6.45) is 0.0228. The largest absolute Gasteiger partial charge is 0.444 e. The first-order chi connectivity index (χ1) is 6.40. The first kappa shape index (κ1) is 7.79. The topological polar surface area (TPSA) is 50.7 Å². The van der Waals surface area contributed by atoms with Gasteiger partial charge in [-0.1, -0.05) is 18.2 Å². The van der Waals surface area contributed by atoms with Crippen LogP contribution in [0, 0.1) is 0 Å². The van der Waals surface area contributed by atoms with Crippen LogP contribution in [0.4, 0.5) is 0 Å². The van der Waals surface area contributed by atoms with Crippen LogP contribution in [0.15, 0.2) is 35.4 Å². The van der Waals surface area contributed by atoms with Crippen LogP contribution in [0.3, 0.4) is 0 Å². The van der Waals surface area contributed by atoms with Crippen molar-refractivity contribution in [2.75, 3.05) is 0 Å². The summed E-state index contributed by atoms with van der Waals surface area (Å²) >= 11 is 0. The van der Waals surface area contributed by atoms with Crippen molar-refractivity contribution >= 4 is 12.2 Å². The van der Waals surface area contributed by atoms with Gasteiger partial charge in [0, 0.05) is 5.56 Å². The van der Waals surface area contributed by atoms with Crippen LogP contribution < -0.4 is 5.43 Å². The highest BCUT2D eigenvalue weighted by molar-refractivity contribution is 5.95. The number of hydrazone groups is 1. The van der Waals surface area contributed by atoms with Crippen LogP contribution >= 0.6 is 0 Å². The summed E-state index contributed by atoms with van der Waals surface area (Å²) < 4.78 is 5.17. The average Bonchev–Trinajstić information content (AvgIpc) is 2.67. The number of benzene rings is 1. The van der Waals surface area contributed by atoms with E-state index in [0.29, 0.717) is 12.2 Å². The zero-order chi connectivity index (χ0) is 9.10. The first-order valence-electron chi connectivity index (χ1n) is 3.91. The number of carbonyl (C=O) groups is 1. The molecule has 1 aromatic rings. The first-order valence-corrected chi connectivity index (χ1v) is 3.91. The Morgan fingerprint density at radius 3 is 2.77 bits per heavy atom. The highest BCUT2D eigenvalue weighted by Gasteiger charge is 2.18. The van der Waals surface area contributed by atoms with Crippen molar-refractivity contribution in [1.82, 2.24) is 5.43 Å². The predicted molar refractivity (Wildman–Crippen MR) is 47.1 cm³/mol. The van der Waals surface area contributed by atoms with Gasteiger partial charge >= 0.3 is 0 Å². The second-order valence-corrected chi connectivity index (χ2v) is 2.59. The molecule has 13 heavy (non-hydrogen) atoms. The molecule has 0 spiro atoms. The summed E-state index contributed by atoms with van der Waals surface area (Å²) in [5.74, 6) is 0.456. The lowest BCUT2D eigenvalue weighted by Crippen LogP contribution is -2.23. The summed E-state index contributed by atoms with van der Waals surface area (Å²) in [5.41, 5.74) is 3.41. The summed E-state index contributed by atoms with van der Waals surface area (Å²) in [7, 11) is 0. The lowest BCUT2D eigenvalue weighted by atomic mass is 10.2. The number of ether oxygens (including phenoxy) is 1. The smallest absolute Gasteiger partial charge is 0.242 e. The molecule has 1 unspecified atom stereocenters. The van der Waals surface area contributed by atoms with Crippen molar-refractivity contribution in [3.05, 3.63) is 35.9 Å². The van der Waals surface area contributed by atoms with Crippen LogP contribution in [-0.2, 0) is 9.53 Å². The zero-order valence-corrected chi connectivity index (χ0v) is 6.81. The average molecular weight is 176 g/mol. The molecular weight excluding hydrogens is 168 g/mol. The van der Waals surface area contributed by atoms with E-state index in [1.54, 1.807) is 0 Å². The van der Waals surface area contributed by atoms with Gasteiger partial charge in [0.05, 0.1) is 0 Å². The summed E-state index contributed by atoms with van der Waals surface area (Å²) in [4.78, 5) is 10.3. The number of hydrogen-bond acceptors (Lipinski definition) is 4. The van der Waals surface area contributed by atoms with Gasteiger partial charge in [0.1, 0.15) is 0 Å². The van der Waals surface area contributed by atoms with Crippen LogP contribution in [0.1, 0.15) is 5.56 Å². The standard InChI is InChI=1S/C9H8N2O2/c12-6-8-10-11-9(13-8)7-4-2-1-3-5-7/h1-6,8,10H. The van der Waals surface area contributed by atoms with Gasteiger partial charge < -0.3 is 4.74 Å². The Morgan fingerprint density at radius 2 is 2.15 bits per heavy atom. The molecular formula is C9H8N2O2. The molecule has 1 aliphatic heterocycles. The van der Waals surface area contributed by atoms with Gasteiger partial charge in [0.15, 0.2) is 6.29 Å². The Kier molecular flexibility index (Phi) is 1.96. The van der Waals surface area contributed by atoms with Gasteiger partial charge in [0.2, 0.25) is 12.1 Å². The molecule has 1 aliphatic rings. The van der Waals surface area contributed by atoms with Crippen molar-refractivity contribution in [1.29, 1.82) is 0 Å². The van der Waals surface area contributed by atoms with Crippen molar-refractivity contribution in [2.24, 2.45) is 5.10 Å². The molecule has 0 saturated heterocycles. The van der Waals surface area contributed by atoms with E-state index in [2.05, 4.69) is 10.5 Å². The molecule has 4 nitrogen and oxygen atoms in total. The van der Waals surface area contributed by atoms with E-state index >= 15 is 0 Å². The molecule has 0 saturated carbocycles. The van der Waals surface area contributed by atoms with E-state index in [9.17, 15) is 4.79 Å². The van der Waals surface area contributed by atoms with Crippen molar-refractivity contribution < 1.29 is 9.53 Å².